The minimum atomic E-state index is -1.19. The molecular weight excluding hydrogens is 422 g/mol. The molecule has 0 aliphatic carbocycles. The maximum Gasteiger partial charge on any atom is -0.000000000000248 e. The second-order valence-electron chi connectivity index (χ2n) is 10.6. The lowest BCUT2D eigenvalue weighted by Crippen LogP contribution is -2.92. The fourth-order valence-electron chi connectivity index (χ4n) is 6.29. The number of hydrogen-bond donors (Lipinski definition) is 0. The normalized spacial score (nSPS) is 9.62. The Labute approximate surface area is 275 Å². The van der Waals surface area contributed by atoms with Crippen molar-refractivity contribution in [3.63, 3.8) is 0 Å². The summed E-state index contributed by atoms with van der Waals surface area (Å²) >= 11 is 0. The molecule has 120 valence electrons. The SMILES string of the molecule is [B]B([B])B(B([B])[B])B(B(B([B])[B])B([B])[B])B(B(B([B])[B])B([B])[B][B-])B(B(B([B])[B])B([B])[B])B(B([B])[B])B([B-])[B-]. The molecule has 0 rings (SSSR count). The van der Waals surface area contributed by atoms with Gasteiger partial charge in [0.05, 0.1) is 0 Å². The molecule has 0 saturated carbocycles. The van der Waals surface area contributed by atoms with E-state index in [0.717, 1.165) is 0 Å². The largest absolute Gasteiger partial charge is 0.729 e. The Morgan fingerprint density at radius 2 is 0.513 bits per heavy atom. The predicted octanol–water partition coefficient (Wildman–Crippen LogP) is -14.9. The van der Waals surface area contributed by atoms with Crippen LogP contribution in [0.1, 0.15) is 0 Å². The molecule has 0 aromatic carbocycles. The molecule has 0 aliphatic rings. The van der Waals surface area contributed by atoms with Crippen molar-refractivity contribution in [2.45, 2.75) is 0 Å². The summed E-state index contributed by atoms with van der Waals surface area (Å²) in [5.41, 5.74) is 0. The summed E-state index contributed by atoms with van der Waals surface area (Å²) in [6.07, 6.45) is -19.7. The highest BCUT2D eigenvalue weighted by atomic mass is 13.4. The Kier molecular flexibility index (Phi) is 20.4. The van der Waals surface area contributed by atoms with Gasteiger partial charge in [-0.3, -0.25) is 7.06 Å². The highest BCUT2D eigenvalue weighted by Gasteiger charge is 2.54. The standard InChI is InChI=1S/B39/c1-21-31(20)36(30(18)19)39(37(32(22(2)3)23(4)5)33(24(6)7)25(8)9)38(34(26(10)11)27(12)13)35(28(14)15)29(16)17/q-3. The fraction of sp³-hybridized carbons (Fsp3) is 0. The van der Waals surface area contributed by atoms with Crippen LogP contribution in [0.2, 0.25) is 0 Å². The van der Waals surface area contributed by atoms with Gasteiger partial charge in [-0.1, -0.05) is 6.39 Å². The van der Waals surface area contributed by atoms with Crippen molar-refractivity contribution in [3.8, 4) is 0 Å². The van der Waals surface area contributed by atoms with Gasteiger partial charge in [0, 0.05) is 0 Å². The quantitative estimate of drug-likeness (QED) is 0.193. The van der Waals surface area contributed by atoms with Crippen molar-refractivity contribution in [1.29, 1.82) is 0 Å². The van der Waals surface area contributed by atoms with Crippen LogP contribution in [0.5, 0.6) is 0 Å². The zero-order chi connectivity index (χ0) is 31.1. The topological polar surface area (TPSA) is 0 Å². The van der Waals surface area contributed by atoms with Crippen LogP contribution in [0.3, 0.4) is 0 Å². The minimum Gasteiger partial charge on any atom is -0.729 e. The van der Waals surface area contributed by atoms with Crippen LogP contribution >= 0.6 is 0 Å². The van der Waals surface area contributed by atoms with E-state index in [9.17, 15) is 0 Å². The molecule has 0 bridgehead atoms. The Morgan fingerprint density at radius 3 is 0.692 bits per heavy atom. The third-order valence-corrected chi connectivity index (χ3v) is 7.78. The highest BCUT2D eigenvalue weighted by Crippen LogP contribution is 2.18. The molecule has 0 atom stereocenters. The zero-order valence-corrected chi connectivity index (χ0v) is 22.5. The fourth-order valence-corrected chi connectivity index (χ4v) is 6.29. The molecule has 0 nitrogen and oxygen atoms in total. The predicted molar refractivity (Wildman–Crippen MR) is 224 cm³/mol. The molecule has 0 heterocycles. The van der Waals surface area contributed by atoms with E-state index in [1.807, 2.05) is 0 Å². The number of rotatable bonds is 18. The summed E-state index contributed by atoms with van der Waals surface area (Å²) in [5.74, 6) is 0. The second-order valence-corrected chi connectivity index (χ2v) is 10.6. The van der Waals surface area contributed by atoms with E-state index in [4.69, 9.17) is 155 Å². The third-order valence-electron chi connectivity index (χ3n) is 7.78. The van der Waals surface area contributed by atoms with Crippen LogP contribution in [0.4, 0.5) is 0 Å². The van der Waals surface area contributed by atoms with Crippen molar-refractivity contribution >= 4 is 277 Å². The Bertz CT molecular complexity index is 502. The van der Waals surface area contributed by atoms with E-state index in [-0.39, 0.29) is 0 Å². The molecule has 39 heavy (non-hydrogen) atoms. The maximum absolute atomic E-state index is 6.46. The molecule has 0 saturated heterocycles. The monoisotopic (exact) mass is 429 g/mol. The lowest BCUT2D eigenvalue weighted by molar-refractivity contribution is 3.22. The summed E-state index contributed by atoms with van der Waals surface area (Å²) in [4.78, 5) is 0. The lowest BCUT2D eigenvalue weighted by atomic mass is 8.28. The first-order chi connectivity index (χ1) is 17.8. The summed E-state index contributed by atoms with van der Waals surface area (Å²) in [7, 11) is 126. The van der Waals surface area contributed by atoms with Crippen molar-refractivity contribution in [3.05, 3.63) is 0 Å². The van der Waals surface area contributed by atoms with Gasteiger partial charge in [0.15, 0.2) is 0 Å². The highest BCUT2D eigenvalue weighted by molar-refractivity contribution is 8.31. The van der Waals surface area contributed by atoms with Gasteiger partial charge in [0.2, 0.25) is 0 Å². The van der Waals surface area contributed by atoms with Gasteiger partial charge in [-0.2, -0.15) is 0 Å². The van der Waals surface area contributed by atoms with Crippen LogP contribution in [-0.4, -0.2) is 277 Å². The van der Waals surface area contributed by atoms with Gasteiger partial charge in [0.1, 0.15) is 0 Å². The van der Waals surface area contributed by atoms with Gasteiger partial charge < -0.3 is 29.6 Å². The average molecular weight is 422 g/mol. The van der Waals surface area contributed by atoms with E-state index in [2.05, 4.69) is 0 Å². The zero-order valence-electron chi connectivity index (χ0n) is 22.5. The van der Waals surface area contributed by atoms with E-state index < -0.39 is 115 Å². The van der Waals surface area contributed by atoms with Crippen molar-refractivity contribution in [2.24, 2.45) is 0 Å². The molecule has 39 heteroatoms. The summed E-state index contributed by atoms with van der Waals surface area (Å²) in [5, 5.41) is 0. The molecule has 0 unspecified atom stereocenters. The van der Waals surface area contributed by atoms with Crippen molar-refractivity contribution in [1.82, 2.24) is 0 Å². The maximum atomic E-state index is 6.46. The first kappa shape index (κ1) is 41.5. The van der Waals surface area contributed by atoms with Crippen molar-refractivity contribution < 1.29 is 0 Å². The Morgan fingerprint density at radius 1 is 0.308 bits per heavy atom. The van der Waals surface area contributed by atoms with Gasteiger partial charge in [-0.25, -0.2) is 0 Å². The first-order valence-corrected chi connectivity index (χ1v) is 12.7. The van der Waals surface area contributed by atoms with Crippen LogP contribution < -0.4 is 0 Å². The van der Waals surface area contributed by atoms with E-state index in [1.54, 1.807) is 0 Å². The molecule has 44 radical (unpaired) electrons. The molecule has 0 amide bonds. The van der Waals surface area contributed by atoms with Crippen LogP contribution in [-0.2, 0) is 0 Å². The molecule has 0 N–H and O–H groups in total. The van der Waals surface area contributed by atoms with Crippen molar-refractivity contribution in [2.75, 3.05) is 0 Å². The van der Waals surface area contributed by atoms with E-state index in [1.165, 1.54) is 7.06 Å². The van der Waals surface area contributed by atoms with Gasteiger partial charge in [-0.05, 0) is 234 Å². The minimum absolute atomic E-state index is 0.981. The molecular formula is B39-3. The van der Waals surface area contributed by atoms with Gasteiger partial charge in [0.25, 0.3) is 0 Å². The van der Waals surface area contributed by atoms with Gasteiger partial charge in [-0.15, -0.1) is 0 Å². The average Bonchev–Trinajstić information content (AvgIpc) is 2.73. The second kappa shape index (κ2) is 19.1. The number of hydrogen-bond acceptors (Lipinski definition) is 0. The first-order valence-electron chi connectivity index (χ1n) is 12.7. The molecule has 0 aromatic rings. The molecule has 0 aliphatic heterocycles. The lowest BCUT2D eigenvalue weighted by Gasteiger charge is -2.59. The smallest absolute Gasteiger partial charge is 0.000000000000248 e. The molecule has 0 fully saturated rings. The summed E-state index contributed by atoms with van der Waals surface area (Å²) in [6.45, 7) is 0. The van der Waals surface area contributed by atoms with E-state index in [0.29, 0.717) is 0 Å². The molecule has 0 spiro atoms. The van der Waals surface area contributed by atoms with Gasteiger partial charge >= 0.3 is 0 Å². The van der Waals surface area contributed by atoms with Crippen LogP contribution in [0, 0.1) is 0 Å². The Hall–Kier alpha value is 2.53. The Balaban J connectivity index is 8.23. The summed E-state index contributed by atoms with van der Waals surface area (Å²) in [6, 6.07) is 0. The van der Waals surface area contributed by atoms with E-state index >= 15 is 0 Å². The van der Waals surface area contributed by atoms with Crippen LogP contribution in [0.25, 0.3) is 0 Å². The summed E-state index contributed by atoms with van der Waals surface area (Å²) < 4.78 is 0. The van der Waals surface area contributed by atoms with Crippen LogP contribution in [0.15, 0.2) is 0 Å². The molecule has 0 aromatic heterocycles. The third kappa shape index (κ3) is 11.4.